The van der Waals surface area contributed by atoms with Crippen molar-refractivity contribution in [2.24, 2.45) is 0 Å². The number of anilines is 2. The molecule has 0 saturated heterocycles. The number of nitrogens with zero attached hydrogens (tertiary/aromatic N) is 1. The van der Waals surface area contributed by atoms with Crippen molar-refractivity contribution in [2.75, 3.05) is 10.6 Å². The summed E-state index contributed by atoms with van der Waals surface area (Å²) >= 11 is 0. The molecule has 2 rings (SSSR count). The fraction of sp³-hybridized carbons (Fsp3) is 0. The van der Waals surface area contributed by atoms with E-state index < -0.39 is 0 Å². The van der Waals surface area contributed by atoms with Crippen LogP contribution in [0.25, 0.3) is 0 Å². The predicted octanol–water partition coefficient (Wildman–Crippen LogP) is 2.61. The minimum absolute atomic E-state index is 0.00781. The Hall–Kier alpha value is -2.20. The fourth-order valence-corrected chi connectivity index (χ4v) is 1.34. The minimum Gasteiger partial charge on any atom is -0.506 e. The number of benzene rings is 2. The van der Waals surface area contributed by atoms with Gasteiger partial charge in [0.25, 0.3) is 0 Å². The Labute approximate surface area is 93.3 Å². The van der Waals surface area contributed by atoms with Crippen molar-refractivity contribution in [1.82, 2.24) is 0 Å². The molecule has 0 aromatic heterocycles. The summed E-state index contributed by atoms with van der Waals surface area (Å²) in [5.41, 5.74) is 3.76. The van der Waals surface area contributed by atoms with E-state index in [1.165, 1.54) is 6.07 Å². The third kappa shape index (κ3) is 2.24. The van der Waals surface area contributed by atoms with E-state index in [0.717, 1.165) is 10.9 Å². The monoisotopic (exact) mass is 216 g/mol. The smallest absolute Gasteiger partial charge is 0.143 e. The van der Waals surface area contributed by atoms with E-state index in [1.54, 1.807) is 18.2 Å². The van der Waals surface area contributed by atoms with Crippen LogP contribution in [0, 0.1) is 0 Å². The van der Waals surface area contributed by atoms with E-state index in [0.29, 0.717) is 5.69 Å². The highest BCUT2D eigenvalue weighted by Gasteiger charge is 2.06. The summed E-state index contributed by atoms with van der Waals surface area (Å²) in [4.78, 5) is 0. The molecule has 0 aliphatic heterocycles. The molecule has 0 amide bonds. The van der Waals surface area contributed by atoms with Gasteiger partial charge in [-0.15, -0.1) is 0 Å². The summed E-state index contributed by atoms with van der Waals surface area (Å²) in [6.45, 7) is 0. The Kier molecular flexibility index (Phi) is 2.93. The van der Waals surface area contributed by atoms with Crippen LogP contribution in [0.15, 0.2) is 54.6 Å². The highest BCUT2D eigenvalue weighted by Crippen LogP contribution is 2.25. The average molecular weight is 216 g/mol. The molecule has 4 nitrogen and oxygen atoms in total. The van der Waals surface area contributed by atoms with Crippen LogP contribution in [0.5, 0.6) is 5.75 Å². The van der Waals surface area contributed by atoms with E-state index in [-0.39, 0.29) is 5.75 Å². The maximum atomic E-state index is 9.72. The van der Waals surface area contributed by atoms with Crippen molar-refractivity contribution < 1.29 is 10.3 Å². The molecule has 2 aromatic carbocycles. The largest absolute Gasteiger partial charge is 0.506 e. The Morgan fingerprint density at radius 2 is 1.50 bits per heavy atom. The van der Waals surface area contributed by atoms with Crippen LogP contribution in [0.2, 0.25) is 0 Å². The highest BCUT2D eigenvalue weighted by molar-refractivity contribution is 5.59. The van der Waals surface area contributed by atoms with Gasteiger partial charge >= 0.3 is 0 Å². The van der Waals surface area contributed by atoms with Crippen LogP contribution in [-0.4, -0.2) is 10.3 Å². The normalized spacial score (nSPS) is 9.81. The van der Waals surface area contributed by atoms with Crippen LogP contribution in [-0.2, 0) is 0 Å². The summed E-state index contributed by atoms with van der Waals surface area (Å²) in [6, 6.07) is 15.7. The lowest BCUT2D eigenvalue weighted by atomic mass is 10.3. The second kappa shape index (κ2) is 4.55. The molecule has 82 valence electrons. The summed E-state index contributed by atoms with van der Waals surface area (Å²) in [5.74, 6) is 0.00781. The minimum atomic E-state index is 0.00781. The molecule has 16 heavy (non-hydrogen) atoms. The molecule has 0 aliphatic rings. The number of hydrazine groups is 1. The quantitative estimate of drug-likeness (QED) is 0.690. The summed E-state index contributed by atoms with van der Waals surface area (Å²) in [6.07, 6.45) is 0. The third-order valence-corrected chi connectivity index (χ3v) is 2.12. The lowest BCUT2D eigenvalue weighted by Crippen LogP contribution is -2.25. The fourth-order valence-electron chi connectivity index (χ4n) is 1.34. The first-order chi connectivity index (χ1) is 7.77. The Morgan fingerprint density at radius 3 is 2.19 bits per heavy atom. The van der Waals surface area contributed by atoms with Gasteiger partial charge in [0.2, 0.25) is 0 Å². The first kappa shape index (κ1) is 10.3. The molecule has 0 aliphatic carbocycles. The highest BCUT2D eigenvalue weighted by atomic mass is 16.5. The van der Waals surface area contributed by atoms with Crippen molar-refractivity contribution in [3.63, 3.8) is 0 Å². The second-order valence-electron chi connectivity index (χ2n) is 3.28. The van der Waals surface area contributed by atoms with E-state index >= 15 is 0 Å². The second-order valence-corrected chi connectivity index (χ2v) is 3.28. The number of nitrogens with one attached hydrogen (secondary N) is 1. The van der Waals surface area contributed by atoms with Crippen molar-refractivity contribution in [1.29, 1.82) is 0 Å². The van der Waals surface area contributed by atoms with Gasteiger partial charge in [-0.1, -0.05) is 30.3 Å². The average Bonchev–Trinajstić information content (AvgIpc) is 2.31. The van der Waals surface area contributed by atoms with Crippen molar-refractivity contribution >= 4 is 11.4 Å². The molecular formula is C12H12N2O2. The van der Waals surface area contributed by atoms with Gasteiger partial charge in [-0.3, -0.25) is 10.6 Å². The molecule has 2 aromatic rings. The summed E-state index contributed by atoms with van der Waals surface area (Å²) in [7, 11) is 0. The van der Waals surface area contributed by atoms with Crippen LogP contribution >= 0.6 is 0 Å². The van der Waals surface area contributed by atoms with Crippen LogP contribution in [0.4, 0.5) is 11.4 Å². The maximum Gasteiger partial charge on any atom is 0.143 e. The zero-order valence-corrected chi connectivity index (χ0v) is 8.54. The molecule has 0 radical (unpaired) electrons. The zero-order valence-electron chi connectivity index (χ0n) is 8.54. The molecule has 0 unspecified atom stereocenters. The maximum absolute atomic E-state index is 9.72. The molecular weight excluding hydrogens is 204 g/mol. The molecule has 3 N–H and O–H groups in total. The van der Waals surface area contributed by atoms with Gasteiger partial charge in [-0.05, 0) is 24.3 Å². The number of phenolic OH excluding ortho intramolecular Hbond substituents is 1. The van der Waals surface area contributed by atoms with Crippen LogP contribution < -0.4 is 10.6 Å². The van der Waals surface area contributed by atoms with Gasteiger partial charge < -0.3 is 5.11 Å². The van der Waals surface area contributed by atoms with Crippen molar-refractivity contribution in [2.45, 2.75) is 0 Å². The molecule has 4 heteroatoms. The van der Waals surface area contributed by atoms with Gasteiger partial charge in [0.05, 0.1) is 5.69 Å². The number of phenols is 1. The summed E-state index contributed by atoms with van der Waals surface area (Å²) < 4.78 is 0. The zero-order chi connectivity index (χ0) is 11.4. The Bertz CT molecular complexity index is 460. The molecule has 0 saturated carbocycles. The summed E-state index contributed by atoms with van der Waals surface area (Å²) in [5, 5.41) is 20.0. The lowest BCUT2D eigenvalue weighted by molar-refractivity contribution is 0.273. The van der Waals surface area contributed by atoms with E-state index in [4.69, 9.17) is 0 Å². The van der Waals surface area contributed by atoms with Gasteiger partial charge in [-0.25, -0.2) is 0 Å². The molecule has 0 heterocycles. The number of rotatable bonds is 3. The number of aromatic hydroxyl groups is 1. The Balaban J connectivity index is 2.15. The van der Waals surface area contributed by atoms with E-state index in [9.17, 15) is 10.3 Å². The molecule has 0 atom stereocenters. The Morgan fingerprint density at radius 1 is 0.875 bits per heavy atom. The van der Waals surface area contributed by atoms with E-state index in [1.807, 2.05) is 30.3 Å². The molecule has 0 spiro atoms. The predicted molar refractivity (Wildman–Crippen MR) is 62.4 cm³/mol. The topological polar surface area (TPSA) is 55.7 Å². The number of hydrogen-bond donors (Lipinski definition) is 3. The number of para-hydroxylation sites is 3. The van der Waals surface area contributed by atoms with Gasteiger partial charge in [0.15, 0.2) is 0 Å². The van der Waals surface area contributed by atoms with Gasteiger partial charge in [0.1, 0.15) is 11.4 Å². The van der Waals surface area contributed by atoms with Crippen LogP contribution in [0.1, 0.15) is 0 Å². The van der Waals surface area contributed by atoms with Crippen molar-refractivity contribution in [3.05, 3.63) is 54.6 Å². The first-order valence-corrected chi connectivity index (χ1v) is 4.86. The van der Waals surface area contributed by atoms with Gasteiger partial charge in [-0.2, -0.15) is 5.17 Å². The molecule has 0 bridgehead atoms. The van der Waals surface area contributed by atoms with Crippen molar-refractivity contribution in [3.8, 4) is 5.75 Å². The van der Waals surface area contributed by atoms with Crippen LogP contribution in [0.3, 0.4) is 0 Å². The lowest BCUT2D eigenvalue weighted by Gasteiger charge is -2.19. The molecule has 0 fully saturated rings. The standard InChI is InChI=1S/C12H12N2O2/c15-12-9-5-4-8-11(12)14(16)13-10-6-2-1-3-7-10/h1-9,13,15-16H. The van der Waals surface area contributed by atoms with Gasteiger partial charge in [0, 0.05) is 0 Å². The first-order valence-electron chi connectivity index (χ1n) is 4.86. The number of hydrogen-bond acceptors (Lipinski definition) is 4. The van der Waals surface area contributed by atoms with E-state index in [2.05, 4.69) is 5.43 Å². The third-order valence-electron chi connectivity index (χ3n) is 2.12. The SMILES string of the molecule is Oc1ccccc1N(O)Nc1ccccc1.